The van der Waals surface area contributed by atoms with Crippen molar-refractivity contribution >= 4 is 14.3 Å². The summed E-state index contributed by atoms with van der Waals surface area (Å²) in [6.45, 7) is 12.2. The van der Waals surface area contributed by atoms with Crippen LogP contribution in [0, 0.1) is 0 Å². The zero-order chi connectivity index (χ0) is 26.0. The second-order valence-electron chi connectivity index (χ2n) is 11.7. The Morgan fingerprint density at radius 2 is 0.500 bits per heavy atom. The molecule has 0 aliphatic heterocycles. The van der Waals surface area contributed by atoms with Crippen molar-refractivity contribution in [2.24, 2.45) is 0 Å². The van der Waals surface area contributed by atoms with Gasteiger partial charge < -0.3 is 9.13 Å². The molecule has 0 saturated carbocycles. The topological polar surface area (TPSA) is 34.1 Å². The van der Waals surface area contributed by atoms with Gasteiger partial charge in [0.15, 0.2) is 0 Å². The van der Waals surface area contributed by atoms with Crippen LogP contribution in [0.2, 0.25) is 0 Å². The van der Waals surface area contributed by atoms with Gasteiger partial charge in [0.25, 0.3) is 0 Å². The van der Waals surface area contributed by atoms with Gasteiger partial charge in [-0.2, -0.15) is 0 Å². The third-order valence-corrected chi connectivity index (χ3v) is 9.39. The summed E-state index contributed by atoms with van der Waals surface area (Å²) in [5.41, 5.74) is 0. The van der Waals surface area contributed by atoms with Crippen LogP contribution < -0.4 is 0 Å². The average Bonchev–Trinajstić information content (AvgIpc) is 2.75. The van der Waals surface area contributed by atoms with Gasteiger partial charge in [0.1, 0.15) is 0 Å². The summed E-state index contributed by atoms with van der Waals surface area (Å²) in [5, 5.41) is 0. The highest BCUT2D eigenvalue weighted by Gasteiger charge is 2.06. The van der Waals surface area contributed by atoms with Gasteiger partial charge in [-0.3, -0.25) is 0 Å². The fourth-order valence-electron chi connectivity index (χ4n) is 4.31. The van der Waals surface area contributed by atoms with Crippen molar-refractivity contribution in [1.82, 2.24) is 0 Å². The van der Waals surface area contributed by atoms with Gasteiger partial charge in [-0.15, -0.1) is 0 Å². The molecule has 2 nitrogen and oxygen atoms in total. The van der Waals surface area contributed by atoms with E-state index in [0.717, 1.165) is 12.3 Å². The molecule has 0 aromatic heterocycles. The molecule has 0 bridgehead atoms. The van der Waals surface area contributed by atoms with Gasteiger partial charge in [0.05, 0.1) is 14.3 Å². The van der Waals surface area contributed by atoms with Gasteiger partial charge in [0.2, 0.25) is 0 Å². The molecule has 0 aromatic carbocycles. The minimum atomic E-state index is -1.75. The van der Waals surface area contributed by atoms with E-state index in [0.29, 0.717) is 0 Å². The van der Waals surface area contributed by atoms with Gasteiger partial charge >= 0.3 is 0 Å². The molecule has 208 valence electrons. The molecule has 0 saturated heterocycles. The summed E-state index contributed by atoms with van der Waals surface area (Å²) in [6, 6.07) is 0. The highest BCUT2D eigenvalue weighted by Crippen LogP contribution is 2.37. The number of hydrogen-bond donors (Lipinski definition) is 0. The largest absolute Gasteiger partial charge is 0.324 e. The van der Waals surface area contributed by atoms with Crippen LogP contribution in [0.5, 0.6) is 0 Å². The molecule has 0 aromatic rings. The molecule has 34 heavy (non-hydrogen) atoms. The fourth-order valence-corrected chi connectivity index (χ4v) is 6.28. The van der Waals surface area contributed by atoms with E-state index in [-0.39, 0.29) is 0 Å². The Balaban J connectivity index is 0. The second-order valence-corrected chi connectivity index (χ2v) is 18.9. The van der Waals surface area contributed by atoms with Gasteiger partial charge in [-0.05, 0) is 39.5 Å². The highest BCUT2D eigenvalue weighted by molar-refractivity contribution is 7.62. The summed E-state index contributed by atoms with van der Waals surface area (Å²) in [5.74, 6) is 0. The first kappa shape index (κ1) is 36.6. The molecular weight excluding hydrogens is 454 g/mol. The molecule has 0 rings (SSSR count). The molecule has 0 atom stereocenters. The normalized spacial score (nSPS) is 11.9. The minimum Gasteiger partial charge on any atom is -0.324 e. The zero-order valence-electron chi connectivity index (χ0n) is 24.7. The Morgan fingerprint density at radius 1 is 0.324 bits per heavy atom. The average molecular weight is 521 g/mol. The van der Waals surface area contributed by atoms with E-state index in [9.17, 15) is 9.13 Å². The van der Waals surface area contributed by atoms with Crippen LogP contribution in [-0.4, -0.2) is 39.0 Å². The molecule has 0 aliphatic rings. The predicted molar refractivity (Wildman–Crippen MR) is 162 cm³/mol. The summed E-state index contributed by atoms with van der Waals surface area (Å²) < 4.78 is 22.9. The lowest BCUT2D eigenvalue weighted by Gasteiger charge is -2.06. The fraction of sp³-hybridized carbons (Fsp3) is 1.00. The summed E-state index contributed by atoms with van der Waals surface area (Å²) in [6.07, 6.45) is 32.0. The van der Waals surface area contributed by atoms with Crippen LogP contribution in [0.1, 0.15) is 155 Å². The standard InChI is InChI=1S/C16H35OP.C14H31OP/c1-4-5-6-7-8-9-10-11-12-13-14-15-16-18(2,3)17;1-4-5-6-7-8-9-10-11-12-13-14-16(2,3)15/h4-16H2,1-3H3;4-14H2,1-3H3. The maximum absolute atomic E-state index is 11.5. The monoisotopic (exact) mass is 520 g/mol. The molecular formula is C30H66O2P2. The van der Waals surface area contributed by atoms with Crippen molar-refractivity contribution in [3.05, 3.63) is 0 Å². The van der Waals surface area contributed by atoms with E-state index in [2.05, 4.69) is 13.8 Å². The van der Waals surface area contributed by atoms with E-state index in [1.54, 1.807) is 0 Å². The third-order valence-electron chi connectivity index (χ3n) is 6.60. The van der Waals surface area contributed by atoms with Crippen LogP contribution in [0.4, 0.5) is 0 Å². The molecule has 0 aliphatic carbocycles. The van der Waals surface area contributed by atoms with Crippen molar-refractivity contribution in [2.45, 2.75) is 155 Å². The molecule has 0 unspecified atom stereocenters. The lowest BCUT2D eigenvalue weighted by atomic mass is 10.1. The molecule has 4 heteroatoms. The smallest absolute Gasteiger partial charge is 0.0819 e. The Bertz CT molecular complexity index is 478. The van der Waals surface area contributed by atoms with Gasteiger partial charge in [-0.1, -0.05) is 142 Å². The minimum absolute atomic E-state index is 0.948. The van der Waals surface area contributed by atoms with Crippen molar-refractivity contribution in [2.75, 3.05) is 39.0 Å². The Kier molecular flexibility index (Phi) is 28.6. The SMILES string of the molecule is CCCCCCCCCCCCCCP(C)(C)=O.CCCCCCCCCCCCP(C)(C)=O. The Morgan fingerprint density at radius 3 is 0.676 bits per heavy atom. The number of unbranched alkanes of at least 4 members (excludes halogenated alkanes) is 20. The van der Waals surface area contributed by atoms with Crippen LogP contribution in [0.15, 0.2) is 0 Å². The maximum atomic E-state index is 11.5. The van der Waals surface area contributed by atoms with Crippen LogP contribution in [0.3, 0.4) is 0 Å². The van der Waals surface area contributed by atoms with Crippen LogP contribution >= 0.6 is 14.3 Å². The summed E-state index contributed by atoms with van der Waals surface area (Å²) in [4.78, 5) is 0. The van der Waals surface area contributed by atoms with E-state index < -0.39 is 14.3 Å². The van der Waals surface area contributed by atoms with E-state index in [4.69, 9.17) is 0 Å². The Labute approximate surface area is 217 Å². The van der Waals surface area contributed by atoms with Crippen molar-refractivity contribution in [1.29, 1.82) is 0 Å². The first-order valence-corrected chi connectivity index (χ1v) is 20.8. The van der Waals surface area contributed by atoms with Crippen LogP contribution in [0.25, 0.3) is 0 Å². The quantitative estimate of drug-likeness (QED) is 0.0936. The van der Waals surface area contributed by atoms with Crippen molar-refractivity contribution in [3.8, 4) is 0 Å². The Hall–Kier alpha value is 0.460. The molecule has 0 fully saturated rings. The summed E-state index contributed by atoms with van der Waals surface area (Å²) >= 11 is 0. The zero-order valence-corrected chi connectivity index (χ0v) is 26.5. The first-order valence-electron chi connectivity index (χ1n) is 15.2. The van der Waals surface area contributed by atoms with E-state index >= 15 is 0 Å². The molecule has 0 amide bonds. The maximum Gasteiger partial charge on any atom is 0.0819 e. The van der Waals surface area contributed by atoms with Crippen molar-refractivity contribution in [3.63, 3.8) is 0 Å². The molecule has 0 spiro atoms. The van der Waals surface area contributed by atoms with E-state index in [1.165, 1.54) is 141 Å². The number of hydrogen-bond acceptors (Lipinski definition) is 2. The lowest BCUT2D eigenvalue weighted by Crippen LogP contribution is -1.87. The van der Waals surface area contributed by atoms with Crippen molar-refractivity contribution < 1.29 is 9.13 Å². The third kappa shape index (κ3) is 39.7. The van der Waals surface area contributed by atoms with Gasteiger partial charge in [-0.25, -0.2) is 0 Å². The molecule has 0 N–H and O–H groups in total. The van der Waals surface area contributed by atoms with Crippen LogP contribution in [-0.2, 0) is 9.13 Å². The first-order chi connectivity index (χ1) is 16.1. The number of rotatable bonds is 24. The van der Waals surface area contributed by atoms with E-state index in [1.807, 2.05) is 26.7 Å². The molecule has 0 radical (unpaired) electrons. The molecule has 0 heterocycles. The summed E-state index contributed by atoms with van der Waals surface area (Å²) in [7, 11) is -3.49. The van der Waals surface area contributed by atoms with Gasteiger partial charge in [0, 0.05) is 12.3 Å². The predicted octanol–water partition coefficient (Wildman–Crippen LogP) is 11.8. The second kappa shape index (κ2) is 26.5. The lowest BCUT2D eigenvalue weighted by molar-refractivity contribution is 0.546. The highest BCUT2D eigenvalue weighted by atomic mass is 31.2.